The topological polar surface area (TPSA) is 43.4 Å². The van der Waals surface area contributed by atoms with Crippen molar-refractivity contribution in [1.29, 1.82) is 0 Å². The fourth-order valence-corrected chi connectivity index (χ4v) is 6.06. The Balaban J connectivity index is 1.83. The van der Waals surface area contributed by atoms with Crippen LogP contribution in [0.5, 0.6) is 0 Å². The predicted molar refractivity (Wildman–Crippen MR) is 87.6 cm³/mol. The number of rotatable bonds is 1. The molecule has 3 fully saturated rings. The van der Waals surface area contributed by atoms with E-state index in [1.807, 2.05) is 6.92 Å². The minimum absolute atomic E-state index is 0.00517. The van der Waals surface area contributed by atoms with Gasteiger partial charge in [-0.05, 0) is 55.4 Å². The van der Waals surface area contributed by atoms with Crippen molar-refractivity contribution in [1.82, 2.24) is 0 Å². The van der Waals surface area contributed by atoms with Crippen molar-refractivity contribution in [3.8, 4) is 0 Å². The summed E-state index contributed by atoms with van der Waals surface area (Å²) in [5.41, 5.74) is 0.626. The molecule has 0 aromatic carbocycles. The summed E-state index contributed by atoms with van der Waals surface area (Å²) in [5.74, 6) is 0.255. The molecule has 1 saturated heterocycles. The number of Topliss-reactive ketones (excluding diaryl/α,β-unsaturated/α-hetero) is 1. The van der Waals surface area contributed by atoms with Crippen molar-refractivity contribution in [3.05, 3.63) is 24.3 Å². The number of carbonyl (C=O) groups excluding carboxylic acids is 2. The minimum Gasteiger partial charge on any atom is -0.457 e. The van der Waals surface area contributed by atoms with Gasteiger partial charge < -0.3 is 4.74 Å². The number of esters is 1. The van der Waals surface area contributed by atoms with Crippen LogP contribution in [0.4, 0.5) is 0 Å². The molecule has 3 heteroatoms. The van der Waals surface area contributed by atoms with Crippen LogP contribution in [0.15, 0.2) is 24.3 Å². The summed E-state index contributed by atoms with van der Waals surface area (Å²) in [6, 6.07) is 0. The SMILES string of the molecule is C=C[C@]1(C)CC[C@H]2C(=C[C@H]3OC(=O)[C@@]4(C)C(=O)CC[C@@]2(C)[C@@H]34)C1. The Labute approximate surface area is 138 Å². The summed E-state index contributed by atoms with van der Waals surface area (Å²) in [7, 11) is 0. The highest BCUT2D eigenvalue weighted by molar-refractivity contribution is 6.06. The van der Waals surface area contributed by atoms with Gasteiger partial charge in [-0.3, -0.25) is 9.59 Å². The number of hydrogen-bond acceptors (Lipinski definition) is 3. The maximum atomic E-state index is 12.6. The molecule has 0 N–H and O–H groups in total. The molecular weight excluding hydrogens is 288 g/mol. The molecule has 0 aromatic rings. The van der Waals surface area contributed by atoms with Crippen LogP contribution in [0.3, 0.4) is 0 Å². The Hall–Kier alpha value is -1.38. The first-order valence-electron chi connectivity index (χ1n) is 8.83. The van der Waals surface area contributed by atoms with E-state index in [-0.39, 0.29) is 34.6 Å². The number of ether oxygens (including phenoxy) is 1. The summed E-state index contributed by atoms with van der Waals surface area (Å²) in [6.07, 6.45) is 8.67. The first kappa shape index (κ1) is 15.2. The third kappa shape index (κ3) is 1.71. The number of allylic oxidation sites excluding steroid dienone is 2. The van der Waals surface area contributed by atoms with Crippen LogP contribution >= 0.6 is 0 Å². The van der Waals surface area contributed by atoms with Crippen LogP contribution in [-0.4, -0.2) is 17.9 Å². The normalized spacial score (nSPS) is 51.4. The maximum Gasteiger partial charge on any atom is 0.320 e. The number of ketones is 1. The number of carbonyl (C=O) groups is 2. The molecule has 3 aliphatic carbocycles. The zero-order chi connectivity index (χ0) is 16.6. The Bertz CT molecular complexity index is 647. The van der Waals surface area contributed by atoms with E-state index in [1.165, 1.54) is 5.57 Å². The molecule has 4 rings (SSSR count). The molecule has 0 spiro atoms. The highest BCUT2D eigenvalue weighted by Gasteiger charge is 2.69. The molecule has 0 bridgehead atoms. The predicted octanol–water partition coefficient (Wildman–Crippen LogP) is 3.84. The van der Waals surface area contributed by atoms with Gasteiger partial charge in [-0.2, -0.15) is 0 Å². The van der Waals surface area contributed by atoms with Gasteiger partial charge in [0.2, 0.25) is 0 Å². The van der Waals surface area contributed by atoms with E-state index < -0.39 is 5.41 Å². The van der Waals surface area contributed by atoms with Gasteiger partial charge in [-0.15, -0.1) is 6.58 Å². The van der Waals surface area contributed by atoms with Gasteiger partial charge in [0, 0.05) is 12.3 Å². The highest BCUT2D eigenvalue weighted by Crippen LogP contribution is 2.65. The van der Waals surface area contributed by atoms with Crippen LogP contribution in [0.2, 0.25) is 0 Å². The lowest BCUT2D eigenvalue weighted by atomic mass is 9.45. The standard InChI is InChI=1S/C20H26O3/c1-5-18(2)8-6-13-12(11-18)10-14-16-19(13,3)9-7-15(21)20(16,4)17(22)23-14/h5,10,13-14,16H,1,6-9,11H2,2-4H3/t13-,14+,16+,18+,19+,20-/m0/s1. The Morgan fingerprint density at radius 1 is 1.26 bits per heavy atom. The van der Waals surface area contributed by atoms with E-state index in [4.69, 9.17) is 4.74 Å². The van der Waals surface area contributed by atoms with Gasteiger partial charge >= 0.3 is 5.97 Å². The zero-order valence-corrected chi connectivity index (χ0v) is 14.4. The van der Waals surface area contributed by atoms with Crippen molar-refractivity contribution >= 4 is 11.8 Å². The van der Waals surface area contributed by atoms with Gasteiger partial charge in [-0.1, -0.05) is 25.5 Å². The monoisotopic (exact) mass is 314 g/mol. The summed E-state index contributed by atoms with van der Waals surface area (Å²) in [4.78, 5) is 25.1. The van der Waals surface area contributed by atoms with Crippen LogP contribution in [0.25, 0.3) is 0 Å². The largest absolute Gasteiger partial charge is 0.457 e. The lowest BCUT2D eigenvalue weighted by Crippen LogP contribution is -2.57. The van der Waals surface area contributed by atoms with Gasteiger partial charge in [0.25, 0.3) is 0 Å². The van der Waals surface area contributed by atoms with Crippen LogP contribution in [-0.2, 0) is 14.3 Å². The van der Waals surface area contributed by atoms with Crippen molar-refractivity contribution < 1.29 is 14.3 Å². The Kier molecular flexibility index (Phi) is 2.88. The Morgan fingerprint density at radius 2 is 2.00 bits per heavy atom. The third-order valence-corrected chi connectivity index (χ3v) is 7.53. The summed E-state index contributed by atoms with van der Waals surface area (Å²) < 4.78 is 5.71. The van der Waals surface area contributed by atoms with E-state index in [1.54, 1.807) is 0 Å². The van der Waals surface area contributed by atoms with Gasteiger partial charge in [0.1, 0.15) is 17.3 Å². The van der Waals surface area contributed by atoms with Crippen molar-refractivity contribution in [2.75, 3.05) is 0 Å². The molecule has 0 radical (unpaired) electrons. The van der Waals surface area contributed by atoms with Crippen LogP contribution in [0.1, 0.15) is 52.9 Å². The fraction of sp³-hybridized carbons (Fsp3) is 0.700. The minimum atomic E-state index is -0.932. The van der Waals surface area contributed by atoms with Gasteiger partial charge in [0.05, 0.1) is 0 Å². The second-order valence-electron chi connectivity index (χ2n) is 8.85. The van der Waals surface area contributed by atoms with E-state index >= 15 is 0 Å². The van der Waals surface area contributed by atoms with Crippen molar-refractivity contribution in [3.63, 3.8) is 0 Å². The molecule has 0 amide bonds. The molecule has 124 valence electrons. The second kappa shape index (κ2) is 4.37. The van der Waals surface area contributed by atoms with Crippen molar-refractivity contribution in [2.45, 2.75) is 59.0 Å². The summed E-state index contributed by atoms with van der Waals surface area (Å²) in [6.45, 7) is 10.4. The number of hydrogen-bond donors (Lipinski definition) is 0. The molecule has 3 nitrogen and oxygen atoms in total. The van der Waals surface area contributed by atoms with Crippen LogP contribution < -0.4 is 0 Å². The third-order valence-electron chi connectivity index (χ3n) is 7.53. The van der Waals surface area contributed by atoms with Crippen molar-refractivity contribution in [2.24, 2.45) is 28.1 Å². The Morgan fingerprint density at radius 3 is 2.70 bits per heavy atom. The second-order valence-corrected chi connectivity index (χ2v) is 8.85. The fourth-order valence-electron chi connectivity index (χ4n) is 6.06. The van der Waals surface area contributed by atoms with Gasteiger partial charge in [0.15, 0.2) is 0 Å². The smallest absolute Gasteiger partial charge is 0.320 e. The average molecular weight is 314 g/mol. The summed E-state index contributed by atoms with van der Waals surface area (Å²) in [5, 5.41) is 0. The molecule has 0 aromatic heterocycles. The van der Waals surface area contributed by atoms with E-state index in [2.05, 4.69) is 32.6 Å². The molecule has 1 heterocycles. The number of fused-ring (bicyclic) bond motifs is 2. The van der Waals surface area contributed by atoms with E-state index in [9.17, 15) is 9.59 Å². The van der Waals surface area contributed by atoms with E-state index in [0.29, 0.717) is 12.3 Å². The quantitative estimate of drug-likeness (QED) is 0.419. The molecular formula is C20H26O3. The lowest BCUT2D eigenvalue weighted by Gasteiger charge is -2.56. The highest BCUT2D eigenvalue weighted by atomic mass is 16.6. The molecule has 6 atom stereocenters. The molecule has 2 saturated carbocycles. The molecule has 23 heavy (non-hydrogen) atoms. The maximum absolute atomic E-state index is 12.6. The first-order valence-corrected chi connectivity index (χ1v) is 8.83. The van der Waals surface area contributed by atoms with Gasteiger partial charge in [-0.25, -0.2) is 0 Å². The average Bonchev–Trinajstić information content (AvgIpc) is 2.77. The molecule has 4 aliphatic rings. The van der Waals surface area contributed by atoms with Crippen LogP contribution in [0, 0.1) is 28.1 Å². The molecule has 0 unspecified atom stereocenters. The zero-order valence-electron chi connectivity index (χ0n) is 14.4. The lowest BCUT2D eigenvalue weighted by molar-refractivity contribution is -0.155. The molecule has 1 aliphatic heterocycles. The summed E-state index contributed by atoms with van der Waals surface area (Å²) >= 11 is 0. The van der Waals surface area contributed by atoms with E-state index in [0.717, 1.165) is 25.7 Å². The first-order chi connectivity index (χ1) is 10.7.